The summed E-state index contributed by atoms with van der Waals surface area (Å²) < 4.78 is 4.86. The molecular formula is C12H20N2O3. The Morgan fingerprint density at radius 1 is 1.47 bits per heavy atom. The predicted octanol–water partition coefficient (Wildman–Crippen LogP) is 0.135. The number of methoxy groups -OCH3 is 1. The Hall–Kier alpha value is -1.10. The SMILES string of the molecule is COC(=O)C(C1CC1)N1CCC(C)(C(N)=O)C1. The van der Waals surface area contributed by atoms with Crippen molar-refractivity contribution < 1.29 is 14.3 Å². The Labute approximate surface area is 101 Å². The van der Waals surface area contributed by atoms with Crippen molar-refractivity contribution in [1.82, 2.24) is 4.90 Å². The van der Waals surface area contributed by atoms with Crippen LogP contribution in [0.4, 0.5) is 0 Å². The first kappa shape index (κ1) is 12.4. The molecule has 2 N–H and O–H groups in total. The number of carbonyl (C=O) groups excluding carboxylic acids is 2. The van der Waals surface area contributed by atoms with Gasteiger partial charge in [-0.25, -0.2) is 0 Å². The Bertz CT molecular complexity index is 341. The molecule has 2 rings (SSSR count). The van der Waals surface area contributed by atoms with Crippen LogP contribution in [0.5, 0.6) is 0 Å². The molecule has 17 heavy (non-hydrogen) atoms. The van der Waals surface area contributed by atoms with E-state index in [1.807, 2.05) is 6.92 Å². The second kappa shape index (κ2) is 4.29. The number of carbonyl (C=O) groups is 2. The molecule has 1 saturated heterocycles. The fraction of sp³-hybridized carbons (Fsp3) is 0.833. The standard InChI is InChI=1S/C12H20N2O3/c1-12(11(13)16)5-6-14(7-12)9(8-3-4-8)10(15)17-2/h8-9H,3-7H2,1-2H3,(H2,13,16). The van der Waals surface area contributed by atoms with E-state index in [-0.39, 0.29) is 17.9 Å². The number of hydrogen-bond acceptors (Lipinski definition) is 4. The Kier molecular flexibility index (Phi) is 3.12. The number of nitrogens with two attached hydrogens (primary N) is 1. The highest BCUT2D eigenvalue weighted by Gasteiger charge is 2.47. The molecule has 2 aliphatic rings. The van der Waals surface area contributed by atoms with Gasteiger partial charge in [-0.05, 0) is 32.1 Å². The third-order valence-corrected chi connectivity index (χ3v) is 4.00. The number of amides is 1. The monoisotopic (exact) mass is 240 g/mol. The van der Waals surface area contributed by atoms with Gasteiger partial charge in [-0.15, -0.1) is 0 Å². The molecule has 1 heterocycles. The zero-order valence-corrected chi connectivity index (χ0v) is 10.4. The Morgan fingerprint density at radius 2 is 2.12 bits per heavy atom. The lowest BCUT2D eigenvalue weighted by Gasteiger charge is -2.27. The van der Waals surface area contributed by atoms with Gasteiger partial charge in [0, 0.05) is 13.1 Å². The van der Waals surface area contributed by atoms with Crippen molar-refractivity contribution in [3.05, 3.63) is 0 Å². The Balaban J connectivity index is 2.07. The number of likely N-dealkylation sites (tertiary alicyclic amines) is 1. The lowest BCUT2D eigenvalue weighted by Crippen LogP contribution is -2.45. The third kappa shape index (κ3) is 2.29. The maximum atomic E-state index is 11.8. The molecule has 1 saturated carbocycles. The first-order valence-electron chi connectivity index (χ1n) is 6.10. The van der Waals surface area contributed by atoms with Crippen LogP contribution in [0, 0.1) is 11.3 Å². The summed E-state index contributed by atoms with van der Waals surface area (Å²) in [4.78, 5) is 25.2. The normalized spacial score (nSPS) is 31.2. The van der Waals surface area contributed by atoms with E-state index in [2.05, 4.69) is 4.90 Å². The molecule has 1 aliphatic heterocycles. The highest BCUT2D eigenvalue weighted by atomic mass is 16.5. The zero-order valence-electron chi connectivity index (χ0n) is 10.4. The average Bonchev–Trinajstić information content (AvgIpc) is 3.02. The smallest absolute Gasteiger partial charge is 0.323 e. The van der Waals surface area contributed by atoms with Crippen molar-refractivity contribution in [1.29, 1.82) is 0 Å². The number of nitrogens with zero attached hydrogens (tertiary/aromatic N) is 1. The molecule has 0 radical (unpaired) electrons. The van der Waals surface area contributed by atoms with Gasteiger partial charge in [0.25, 0.3) is 0 Å². The summed E-state index contributed by atoms with van der Waals surface area (Å²) >= 11 is 0. The number of primary amides is 1. The molecule has 2 atom stereocenters. The van der Waals surface area contributed by atoms with Gasteiger partial charge in [-0.1, -0.05) is 0 Å². The maximum absolute atomic E-state index is 11.8. The minimum atomic E-state index is -0.499. The van der Waals surface area contributed by atoms with Gasteiger partial charge >= 0.3 is 5.97 Å². The van der Waals surface area contributed by atoms with Crippen LogP contribution in [0.2, 0.25) is 0 Å². The summed E-state index contributed by atoms with van der Waals surface area (Å²) in [6.07, 6.45) is 2.87. The largest absolute Gasteiger partial charge is 0.468 e. The highest BCUT2D eigenvalue weighted by Crippen LogP contribution is 2.40. The van der Waals surface area contributed by atoms with Crippen LogP contribution in [0.1, 0.15) is 26.2 Å². The van der Waals surface area contributed by atoms with E-state index in [0.29, 0.717) is 12.5 Å². The van der Waals surface area contributed by atoms with Crippen molar-refractivity contribution in [3.63, 3.8) is 0 Å². The summed E-state index contributed by atoms with van der Waals surface area (Å²) in [6, 6.07) is -0.179. The first-order chi connectivity index (χ1) is 7.98. The second-order valence-electron chi connectivity index (χ2n) is 5.45. The fourth-order valence-corrected chi connectivity index (χ4v) is 2.61. The fourth-order valence-electron chi connectivity index (χ4n) is 2.61. The van der Waals surface area contributed by atoms with E-state index in [1.54, 1.807) is 0 Å². The molecule has 0 aromatic rings. The van der Waals surface area contributed by atoms with Crippen molar-refractivity contribution in [2.45, 2.75) is 32.2 Å². The molecule has 1 amide bonds. The topological polar surface area (TPSA) is 72.6 Å². The van der Waals surface area contributed by atoms with Gasteiger partial charge in [0.15, 0.2) is 0 Å². The second-order valence-corrected chi connectivity index (χ2v) is 5.45. The van der Waals surface area contributed by atoms with Crippen molar-refractivity contribution in [3.8, 4) is 0 Å². The molecule has 2 fully saturated rings. The molecule has 2 unspecified atom stereocenters. The summed E-state index contributed by atoms with van der Waals surface area (Å²) in [7, 11) is 1.42. The lowest BCUT2D eigenvalue weighted by molar-refractivity contribution is -0.148. The molecule has 5 nitrogen and oxygen atoms in total. The minimum Gasteiger partial charge on any atom is -0.468 e. The van der Waals surface area contributed by atoms with Crippen molar-refractivity contribution >= 4 is 11.9 Å². The van der Waals surface area contributed by atoms with Crippen molar-refractivity contribution in [2.75, 3.05) is 20.2 Å². The quantitative estimate of drug-likeness (QED) is 0.709. The van der Waals surface area contributed by atoms with Crippen LogP contribution in [0.3, 0.4) is 0 Å². The van der Waals surface area contributed by atoms with Crippen LogP contribution < -0.4 is 5.73 Å². The van der Waals surface area contributed by atoms with Crippen LogP contribution in [-0.2, 0) is 14.3 Å². The number of ether oxygens (including phenoxy) is 1. The third-order valence-electron chi connectivity index (χ3n) is 4.00. The van der Waals surface area contributed by atoms with Crippen LogP contribution in [0.15, 0.2) is 0 Å². The molecule has 1 aliphatic carbocycles. The van der Waals surface area contributed by atoms with Gasteiger partial charge in [0.2, 0.25) is 5.91 Å². The van der Waals surface area contributed by atoms with Gasteiger partial charge < -0.3 is 10.5 Å². The molecule has 5 heteroatoms. The average molecular weight is 240 g/mol. The van der Waals surface area contributed by atoms with Crippen LogP contribution >= 0.6 is 0 Å². The predicted molar refractivity (Wildman–Crippen MR) is 62.0 cm³/mol. The molecule has 0 aromatic carbocycles. The highest BCUT2D eigenvalue weighted by molar-refractivity contribution is 5.81. The Morgan fingerprint density at radius 3 is 2.53 bits per heavy atom. The van der Waals surface area contributed by atoms with E-state index >= 15 is 0 Å². The molecule has 0 aromatic heterocycles. The van der Waals surface area contributed by atoms with Gasteiger partial charge in [-0.2, -0.15) is 0 Å². The van der Waals surface area contributed by atoms with Crippen LogP contribution in [-0.4, -0.2) is 43.0 Å². The van der Waals surface area contributed by atoms with E-state index in [1.165, 1.54) is 7.11 Å². The van der Waals surface area contributed by atoms with E-state index in [9.17, 15) is 9.59 Å². The van der Waals surface area contributed by atoms with Gasteiger partial charge in [0.05, 0.1) is 12.5 Å². The van der Waals surface area contributed by atoms with E-state index in [4.69, 9.17) is 10.5 Å². The summed E-state index contributed by atoms with van der Waals surface area (Å²) in [5, 5.41) is 0. The maximum Gasteiger partial charge on any atom is 0.323 e. The van der Waals surface area contributed by atoms with Crippen LogP contribution in [0.25, 0.3) is 0 Å². The van der Waals surface area contributed by atoms with Crippen molar-refractivity contribution in [2.24, 2.45) is 17.1 Å². The zero-order chi connectivity index (χ0) is 12.6. The van der Waals surface area contributed by atoms with Gasteiger partial charge in [0.1, 0.15) is 6.04 Å². The molecule has 96 valence electrons. The number of esters is 1. The summed E-state index contributed by atoms with van der Waals surface area (Å²) in [5.74, 6) is -0.0571. The van der Waals surface area contributed by atoms with E-state index in [0.717, 1.165) is 25.8 Å². The van der Waals surface area contributed by atoms with E-state index < -0.39 is 5.41 Å². The number of rotatable bonds is 4. The summed E-state index contributed by atoms with van der Waals surface area (Å²) in [5.41, 5.74) is 4.91. The minimum absolute atomic E-state index is 0.179. The first-order valence-corrected chi connectivity index (χ1v) is 6.10. The molecule has 0 spiro atoms. The summed E-state index contributed by atoms with van der Waals surface area (Å²) in [6.45, 7) is 3.19. The molecule has 0 bridgehead atoms. The molecular weight excluding hydrogens is 220 g/mol. The van der Waals surface area contributed by atoms with Gasteiger partial charge in [-0.3, -0.25) is 14.5 Å². The number of hydrogen-bond donors (Lipinski definition) is 1. The lowest BCUT2D eigenvalue weighted by atomic mass is 9.89.